The molecule has 9 nitrogen and oxygen atoms in total. The Morgan fingerprint density at radius 3 is 2.45 bits per heavy atom. The van der Waals surface area contributed by atoms with Crippen LogP contribution in [0.5, 0.6) is 23.0 Å². The molecule has 0 spiro atoms. The molecule has 0 fully saturated rings. The molecular weight excluding hydrogens is 424 g/mol. The molecule has 1 aliphatic heterocycles. The van der Waals surface area contributed by atoms with E-state index in [1.807, 2.05) is 24.3 Å². The molecule has 9 heteroatoms. The average Bonchev–Trinajstić information content (AvgIpc) is 3.30. The highest BCUT2D eigenvalue weighted by Gasteiger charge is 2.40. The van der Waals surface area contributed by atoms with Crippen LogP contribution in [0.25, 0.3) is 0 Å². The number of rotatable bonds is 5. The van der Waals surface area contributed by atoms with E-state index in [9.17, 15) is 9.90 Å². The van der Waals surface area contributed by atoms with Crippen molar-refractivity contribution >= 4 is 11.7 Å². The summed E-state index contributed by atoms with van der Waals surface area (Å²) in [5.41, 5.74) is 2.92. The number of carbonyl (C=O) groups excluding carboxylic acids is 1. The second-order valence-electron chi connectivity index (χ2n) is 7.99. The molecule has 0 unspecified atom stereocenters. The third kappa shape index (κ3) is 3.36. The number of methoxy groups -OCH3 is 3. The topological polar surface area (TPSA) is 108 Å². The fraction of sp³-hybridized carbons (Fsp3) is 0.292. The Labute approximate surface area is 190 Å². The lowest BCUT2D eigenvalue weighted by Gasteiger charge is -2.35. The first kappa shape index (κ1) is 20.9. The number of phenols is 1. The van der Waals surface area contributed by atoms with Gasteiger partial charge in [0.25, 0.3) is 0 Å². The first-order valence-corrected chi connectivity index (χ1v) is 10.6. The molecule has 2 aliphatic rings. The standard InChI is InChI=1S/C24H24N4O5/c1-31-19-10-14(11-20(32-2)23(19)33-3)22-21-16(27-24-25-12-26-28(22)24)8-13(9-18(21)30)15-6-4-5-7-17(15)29/h4-7,10-13,22,29H,8-9H2,1-3H3,(H,25,26,27)/t13-,22-/m0/s1. The van der Waals surface area contributed by atoms with Crippen LogP contribution in [0.3, 0.4) is 0 Å². The summed E-state index contributed by atoms with van der Waals surface area (Å²) in [6, 6.07) is 10.3. The highest BCUT2D eigenvalue weighted by Crippen LogP contribution is 2.47. The molecule has 1 aromatic heterocycles. The fourth-order valence-corrected chi connectivity index (χ4v) is 4.77. The van der Waals surface area contributed by atoms with Crippen molar-refractivity contribution in [1.82, 2.24) is 14.8 Å². The summed E-state index contributed by atoms with van der Waals surface area (Å²) in [5.74, 6) is 2.03. The Morgan fingerprint density at radius 2 is 1.79 bits per heavy atom. The van der Waals surface area contributed by atoms with Gasteiger partial charge in [0, 0.05) is 23.6 Å². The van der Waals surface area contributed by atoms with Gasteiger partial charge in [-0.25, -0.2) is 4.68 Å². The van der Waals surface area contributed by atoms with Crippen molar-refractivity contribution in [2.24, 2.45) is 0 Å². The van der Waals surface area contributed by atoms with E-state index in [2.05, 4.69) is 15.4 Å². The van der Waals surface area contributed by atoms with Crippen molar-refractivity contribution in [3.05, 3.63) is 65.1 Å². The molecule has 1 aliphatic carbocycles. The van der Waals surface area contributed by atoms with Crippen molar-refractivity contribution < 1.29 is 24.1 Å². The number of aromatic hydroxyl groups is 1. The van der Waals surface area contributed by atoms with Crippen molar-refractivity contribution in [1.29, 1.82) is 0 Å². The smallest absolute Gasteiger partial charge is 0.226 e. The number of para-hydroxylation sites is 1. The number of hydrogen-bond acceptors (Lipinski definition) is 8. The number of carbonyl (C=O) groups is 1. The van der Waals surface area contributed by atoms with Crippen LogP contribution in [-0.4, -0.2) is 47.0 Å². The number of nitrogens with one attached hydrogen (secondary N) is 1. The Hall–Kier alpha value is -4.01. The highest BCUT2D eigenvalue weighted by atomic mass is 16.5. The molecule has 0 amide bonds. The highest BCUT2D eigenvalue weighted by molar-refractivity contribution is 6.00. The van der Waals surface area contributed by atoms with Crippen LogP contribution in [0.4, 0.5) is 5.95 Å². The van der Waals surface area contributed by atoms with Gasteiger partial charge in [0.15, 0.2) is 17.3 Å². The fourth-order valence-electron chi connectivity index (χ4n) is 4.77. The zero-order chi connectivity index (χ0) is 23.1. The number of Topliss-reactive ketones (excluding diaryl/α,β-unsaturated/α-hetero) is 1. The number of hydrogen-bond donors (Lipinski definition) is 2. The molecule has 0 saturated carbocycles. The van der Waals surface area contributed by atoms with Crippen LogP contribution in [0.1, 0.15) is 35.9 Å². The van der Waals surface area contributed by atoms with E-state index < -0.39 is 6.04 Å². The summed E-state index contributed by atoms with van der Waals surface area (Å²) in [5, 5.41) is 18.0. The number of ether oxygens (including phenoxy) is 3. The predicted octanol–water partition coefficient (Wildman–Crippen LogP) is 3.43. The Bertz CT molecular complexity index is 1240. The summed E-state index contributed by atoms with van der Waals surface area (Å²) in [4.78, 5) is 17.9. The van der Waals surface area contributed by atoms with Gasteiger partial charge in [0.05, 0.1) is 21.3 Å². The molecule has 0 bridgehead atoms. The maximum absolute atomic E-state index is 13.5. The lowest BCUT2D eigenvalue weighted by molar-refractivity contribution is -0.116. The molecule has 5 rings (SSSR count). The van der Waals surface area contributed by atoms with Gasteiger partial charge >= 0.3 is 0 Å². The van der Waals surface area contributed by atoms with Crippen molar-refractivity contribution in [3.8, 4) is 23.0 Å². The van der Waals surface area contributed by atoms with Gasteiger partial charge < -0.3 is 24.6 Å². The van der Waals surface area contributed by atoms with Crippen LogP contribution >= 0.6 is 0 Å². The lowest BCUT2D eigenvalue weighted by Crippen LogP contribution is -2.33. The summed E-state index contributed by atoms with van der Waals surface area (Å²) in [6.07, 6.45) is 2.30. The number of allylic oxidation sites excluding steroid dienone is 2. The third-order valence-electron chi connectivity index (χ3n) is 6.24. The Kier molecular flexibility index (Phi) is 5.16. The van der Waals surface area contributed by atoms with Gasteiger partial charge in [-0.1, -0.05) is 18.2 Å². The minimum atomic E-state index is -0.509. The molecule has 0 radical (unpaired) electrons. The molecule has 3 aromatic rings. The predicted molar refractivity (Wildman–Crippen MR) is 120 cm³/mol. The van der Waals surface area contributed by atoms with Crippen LogP contribution < -0.4 is 19.5 Å². The average molecular weight is 448 g/mol. The Morgan fingerprint density at radius 1 is 1.06 bits per heavy atom. The van der Waals surface area contributed by atoms with E-state index in [1.54, 1.807) is 38.1 Å². The van der Waals surface area contributed by atoms with E-state index in [-0.39, 0.29) is 23.9 Å². The number of fused-ring (bicyclic) bond motifs is 1. The second-order valence-corrected chi connectivity index (χ2v) is 7.99. The maximum atomic E-state index is 13.5. The molecular formula is C24H24N4O5. The minimum Gasteiger partial charge on any atom is -0.508 e. The van der Waals surface area contributed by atoms with Gasteiger partial charge in [-0.3, -0.25) is 4.79 Å². The summed E-state index contributed by atoms with van der Waals surface area (Å²) < 4.78 is 18.2. The van der Waals surface area contributed by atoms with Gasteiger partial charge in [-0.15, -0.1) is 0 Å². The first-order chi connectivity index (χ1) is 16.0. The maximum Gasteiger partial charge on any atom is 0.226 e. The molecule has 2 N–H and O–H groups in total. The van der Waals surface area contributed by atoms with Crippen molar-refractivity contribution in [3.63, 3.8) is 0 Å². The zero-order valence-corrected chi connectivity index (χ0v) is 18.5. The number of nitrogens with zero attached hydrogens (tertiary/aromatic N) is 3. The van der Waals surface area contributed by atoms with Crippen molar-refractivity contribution in [2.75, 3.05) is 26.6 Å². The van der Waals surface area contributed by atoms with Crippen LogP contribution in [0, 0.1) is 0 Å². The van der Waals surface area contributed by atoms with Gasteiger partial charge in [-0.05, 0) is 35.7 Å². The second kappa shape index (κ2) is 8.16. The summed E-state index contributed by atoms with van der Waals surface area (Å²) in [6.45, 7) is 0. The number of benzene rings is 2. The van der Waals surface area contributed by atoms with E-state index >= 15 is 0 Å². The van der Waals surface area contributed by atoms with Gasteiger partial charge in [0.2, 0.25) is 11.7 Å². The molecule has 2 atom stereocenters. The molecule has 2 aromatic carbocycles. The molecule has 33 heavy (non-hydrogen) atoms. The van der Waals surface area contributed by atoms with Gasteiger partial charge in [-0.2, -0.15) is 10.1 Å². The molecule has 0 saturated heterocycles. The van der Waals surface area contributed by atoms with E-state index in [4.69, 9.17) is 14.2 Å². The third-order valence-corrected chi connectivity index (χ3v) is 6.24. The number of aromatic nitrogens is 3. The quantitative estimate of drug-likeness (QED) is 0.611. The minimum absolute atomic E-state index is 0.0168. The normalized spacial score (nSPS) is 19.4. The SMILES string of the molecule is COc1cc([C@H]2C3=C(C[C@H](c4ccccc4O)CC3=O)Nc3ncnn32)cc(OC)c1OC. The van der Waals surface area contributed by atoms with E-state index in [1.165, 1.54) is 6.33 Å². The number of ketones is 1. The summed E-state index contributed by atoms with van der Waals surface area (Å²) >= 11 is 0. The number of anilines is 1. The molecule has 170 valence electrons. The van der Waals surface area contributed by atoms with Crippen molar-refractivity contribution in [2.45, 2.75) is 24.8 Å². The van der Waals surface area contributed by atoms with E-state index in [0.29, 0.717) is 35.2 Å². The van der Waals surface area contributed by atoms with Gasteiger partial charge in [0.1, 0.15) is 18.1 Å². The van der Waals surface area contributed by atoms with Crippen LogP contribution in [-0.2, 0) is 4.79 Å². The lowest BCUT2D eigenvalue weighted by atomic mass is 9.77. The van der Waals surface area contributed by atoms with Crippen LogP contribution in [0.2, 0.25) is 0 Å². The monoisotopic (exact) mass is 448 g/mol. The number of phenolic OH excluding ortho intramolecular Hbond substituents is 1. The Balaban J connectivity index is 1.64. The zero-order valence-electron chi connectivity index (χ0n) is 18.5. The van der Waals surface area contributed by atoms with Crippen LogP contribution in [0.15, 0.2) is 54.0 Å². The van der Waals surface area contributed by atoms with E-state index in [0.717, 1.165) is 16.8 Å². The summed E-state index contributed by atoms with van der Waals surface area (Å²) in [7, 11) is 4.65. The largest absolute Gasteiger partial charge is 0.508 e. The molecule has 2 heterocycles. The first-order valence-electron chi connectivity index (χ1n) is 10.6.